The van der Waals surface area contributed by atoms with Crippen LogP contribution in [0.3, 0.4) is 0 Å². The van der Waals surface area contributed by atoms with Crippen LogP contribution in [0.1, 0.15) is 63.6 Å². The predicted molar refractivity (Wildman–Crippen MR) is 87.4 cm³/mol. The van der Waals surface area contributed by atoms with E-state index in [1.165, 1.54) is 23.3 Å². The van der Waals surface area contributed by atoms with E-state index < -0.39 is 23.7 Å². The molecule has 1 aromatic rings. The summed E-state index contributed by atoms with van der Waals surface area (Å²) in [6.07, 6.45) is 1.78. The molecule has 1 unspecified atom stereocenters. The Balaban J connectivity index is 2.24. The average molecular weight is 319 g/mol. The number of rotatable bonds is 5. The van der Waals surface area contributed by atoms with Crippen LogP contribution < -0.4 is 0 Å². The lowest BCUT2D eigenvalue weighted by Crippen LogP contribution is -2.42. The minimum Gasteiger partial charge on any atom is -0.479 e. The van der Waals surface area contributed by atoms with Gasteiger partial charge in [0, 0.05) is 6.54 Å². The summed E-state index contributed by atoms with van der Waals surface area (Å²) in [6, 6.07) is 6.50. The molecule has 1 saturated carbocycles. The molecule has 1 aliphatic rings. The highest BCUT2D eigenvalue weighted by molar-refractivity contribution is 5.81. The zero-order valence-electron chi connectivity index (χ0n) is 14.2. The van der Waals surface area contributed by atoms with Gasteiger partial charge < -0.3 is 9.84 Å². The summed E-state index contributed by atoms with van der Waals surface area (Å²) in [5.74, 6) is -0.447. The SMILES string of the molecule is CCN(C(=O)OC(C)(C)C)C(C(=O)O)c1ccc(C2CC2)cc1. The molecule has 1 aromatic carbocycles. The Labute approximate surface area is 137 Å². The van der Waals surface area contributed by atoms with Crippen LogP contribution in [0.5, 0.6) is 0 Å². The minimum atomic E-state index is -1.06. The molecular formula is C18H25NO4. The Morgan fingerprint density at radius 1 is 1.26 bits per heavy atom. The second kappa shape index (κ2) is 6.60. The maximum absolute atomic E-state index is 12.3. The van der Waals surface area contributed by atoms with Crippen LogP contribution >= 0.6 is 0 Å². The highest BCUT2D eigenvalue weighted by Crippen LogP contribution is 2.40. The van der Waals surface area contributed by atoms with Gasteiger partial charge in [-0.2, -0.15) is 0 Å². The summed E-state index contributed by atoms with van der Waals surface area (Å²) < 4.78 is 5.34. The van der Waals surface area contributed by atoms with Crippen molar-refractivity contribution >= 4 is 12.1 Å². The molecule has 0 aliphatic heterocycles. The van der Waals surface area contributed by atoms with Gasteiger partial charge in [0.05, 0.1) is 0 Å². The number of ether oxygens (including phenoxy) is 1. The van der Waals surface area contributed by atoms with Crippen molar-refractivity contribution in [1.82, 2.24) is 4.90 Å². The van der Waals surface area contributed by atoms with E-state index in [2.05, 4.69) is 0 Å². The van der Waals surface area contributed by atoms with Crippen LogP contribution in [0.2, 0.25) is 0 Å². The van der Waals surface area contributed by atoms with Crippen molar-refractivity contribution in [2.45, 2.75) is 58.1 Å². The summed E-state index contributed by atoms with van der Waals surface area (Å²) >= 11 is 0. The second-order valence-corrected chi connectivity index (χ2v) is 6.95. The van der Waals surface area contributed by atoms with Crippen molar-refractivity contribution in [3.8, 4) is 0 Å². The van der Waals surface area contributed by atoms with Crippen molar-refractivity contribution < 1.29 is 19.4 Å². The molecule has 0 saturated heterocycles. The maximum Gasteiger partial charge on any atom is 0.411 e. The van der Waals surface area contributed by atoms with Crippen LogP contribution in [0.4, 0.5) is 4.79 Å². The normalized spacial score (nSPS) is 15.8. The smallest absolute Gasteiger partial charge is 0.411 e. The standard InChI is InChI=1S/C18H25NO4/c1-5-19(17(22)23-18(2,3)4)15(16(20)21)14-10-8-13(9-11-14)12-6-7-12/h8-12,15H,5-7H2,1-4H3,(H,20,21). The fourth-order valence-electron chi connectivity index (χ4n) is 2.56. The van der Waals surface area contributed by atoms with Gasteiger partial charge >= 0.3 is 12.1 Å². The first-order chi connectivity index (χ1) is 10.7. The predicted octanol–water partition coefficient (Wildman–Crippen LogP) is 3.95. The summed E-state index contributed by atoms with van der Waals surface area (Å²) in [5.41, 5.74) is 1.16. The molecule has 0 spiro atoms. The van der Waals surface area contributed by atoms with Crippen LogP contribution in [0.15, 0.2) is 24.3 Å². The molecule has 0 bridgehead atoms. The number of hydrogen-bond acceptors (Lipinski definition) is 3. The number of likely N-dealkylation sites (N-methyl/N-ethyl adjacent to an activating group) is 1. The highest BCUT2D eigenvalue weighted by atomic mass is 16.6. The molecule has 1 N–H and O–H groups in total. The van der Waals surface area contributed by atoms with Gasteiger partial charge in [-0.3, -0.25) is 4.90 Å². The Kier molecular flexibility index (Phi) is 4.97. The molecule has 1 atom stereocenters. The lowest BCUT2D eigenvalue weighted by molar-refractivity contribution is -0.143. The van der Waals surface area contributed by atoms with Crippen molar-refractivity contribution in [2.24, 2.45) is 0 Å². The Morgan fingerprint density at radius 2 is 1.83 bits per heavy atom. The summed E-state index contributed by atoms with van der Waals surface area (Å²) in [6.45, 7) is 7.30. The average Bonchev–Trinajstić information content (AvgIpc) is 3.27. The maximum atomic E-state index is 12.3. The first kappa shape index (κ1) is 17.3. The van der Waals surface area contributed by atoms with E-state index in [1.54, 1.807) is 39.8 Å². The Bertz CT molecular complexity index is 570. The first-order valence-electron chi connectivity index (χ1n) is 8.05. The van der Waals surface area contributed by atoms with Crippen LogP contribution in [-0.4, -0.2) is 34.2 Å². The first-order valence-corrected chi connectivity index (χ1v) is 8.05. The van der Waals surface area contributed by atoms with Gasteiger partial charge in [-0.05, 0) is 57.6 Å². The molecule has 5 nitrogen and oxygen atoms in total. The quantitative estimate of drug-likeness (QED) is 0.892. The van der Waals surface area contributed by atoms with Crippen molar-refractivity contribution in [2.75, 3.05) is 6.54 Å². The monoisotopic (exact) mass is 319 g/mol. The molecule has 0 aromatic heterocycles. The van der Waals surface area contributed by atoms with Crippen molar-refractivity contribution in [1.29, 1.82) is 0 Å². The number of carboxylic acids is 1. The van der Waals surface area contributed by atoms with Crippen LogP contribution in [0, 0.1) is 0 Å². The number of nitrogens with zero attached hydrogens (tertiary/aromatic N) is 1. The summed E-state index contributed by atoms with van der Waals surface area (Å²) in [5, 5.41) is 9.62. The number of benzene rings is 1. The van der Waals surface area contributed by atoms with E-state index in [9.17, 15) is 14.7 Å². The molecule has 126 valence electrons. The van der Waals surface area contributed by atoms with Crippen molar-refractivity contribution in [3.63, 3.8) is 0 Å². The third-order valence-corrected chi connectivity index (χ3v) is 3.82. The lowest BCUT2D eigenvalue weighted by Gasteiger charge is -2.30. The Hall–Kier alpha value is -2.04. The number of aliphatic carboxylic acids is 1. The van der Waals surface area contributed by atoms with E-state index in [0.717, 1.165) is 0 Å². The van der Waals surface area contributed by atoms with Crippen LogP contribution in [-0.2, 0) is 9.53 Å². The molecule has 1 fully saturated rings. The van der Waals surface area contributed by atoms with Gasteiger partial charge in [-0.15, -0.1) is 0 Å². The zero-order valence-corrected chi connectivity index (χ0v) is 14.2. The van der Waals surface area contributed by atoms with E-state index in [0.29, 0.717) is 11.5 Å². The topological polar surface area (TPSA) is 66.8 Å². The van der Waals surface area contributed by atoms with E-state index in [1.807, 2.05) is 12.1 Å². The minimum absolute atomic E-state index is 0.260. The molecule has 1 aliphatic carbocycles. The number of carbonyl (C=O) groups is 2. The van der Waals surface area contributed by atoms with Gasteiger partial charge in [0.2, 0.25) is 0 Å². The number of amides is 1. The number of carbonyl (C=O) groups excluding carboxylic acids is 1. The Morgan fingerprint density at radius 3 is 2.22 bits per heavy atom. The largest absolute Gasteiger partial charge is 0.479 e. The zero-order chi connectivity index (χ0) is 17.2. The van der Waals surface area contributed by atoms with Gasteiger partial charge in [0.25, 0.3) is 0 Å². The highest BCUT2D eigenvalue weighted by Gasteiger charge is 2.33. The molecule has 5 heteroatoms. The van der Waals surface area contributed by atoms with E-state index in [4.69, 9.17) is 4.74 Å². The van der Waals surface area contributed by atoms with Gasteiger partial charge in [0.15, 0.2) is 6.04 Å². The lowest BCUT2D eigenvalue weighted by atomic mass is 10.0. The molecule has 0 radical (unpaired) electrons. The van der Waals surface area contributed by atoms with Crippen molar-refractivity contribution in [3.05, 3.63) is 35.4 Å². The third kappa shape index (κ3) is 4.47. The second-order valence-electron chi connectivity index (χ2n) is 6.95. The molecule has 2 rings (SSSR count). The van der Waals surface area contributed by atoms with Gasteiger partial charge in [0.1, 0.15) is 5.60 Å². The fourth-order valence-corrected chi connectivity index (χ4v) is 2.56. The molecule has 23 heavy (non-hydrogen) atoms. The third-order valence-electron chi connectivity index (χ3n) is 3.82. The van der Waals surface area contributed by atoms with E-state index >= 15 is 0 Å². The fraction of sp³-hybridized carbons (Fsp3) is 0.556. The number of carboxylic acid groups (broad SMARTS) is 1. The van der Waals surface area contributed by atoms with Crippen LogP contribution in [0.25, 0.3) is 0 Å². The summed E-state index contributed by atoms with van der Waals surface area (Å²) in [7, 11) is 0. The van der Waals surface area contributed by atoms with Gasteiger partial charge in [-0.1, -0.05) is 24.3 Å². The molecular weight excluding hydrogens is 294 g/mol. The van der Waals surface area contributed by atoms with E-state index in [-0.39, 0.29) is 6.54 Å². The summed E-state index contributed by atoms with van der Waals surface area (Å²) in [4.78, 5) is 25.3. The number of hydrogen-bond donors (Lipinski definition) is 1. The van der Waals surface area contributed by atoms with Gasteiger partial charge in [-0.25, -0.2) is 9.59 Å². The molecule has 0 heterocycles. The molecule has 1 amide bonds.